The molecule has 0 saturated carbocycles. The number of nitrogens with one attached hydrogen (secondary N) is 1. The fraction of sp³-hybridized carbons (Fsp3) is 0.538. The molecule has 20 heavy (non-hydrogen) atoms. The van der Waals surface area contributed by atoms with E-state index >= 15 is 0 Å². The Balaban J connectivity index is 2.43. The molecule has 1 fully saturated rings. The largest absolute Gasteiger partial charge is 0.392 e. The molecule has 0 unspecified atom stereocenters. The van der Waals surface area contributed by atoms with Crippen LogP contribution in [0.1, 0.15) is 19.8 Å². The van der Waals surface area contributed by atoms with Crippen molar-refractivity contribution >= 4 is 22.7 Å². The number of nitrogens with two attached hydrogens (primary N) is 1. The zero-order chi connectivity index (χ0) is 14.9. The maximum atomic E-state index is 11.4. The van der Waals surface area contributed by atoms with Crippen LogP contribution < -0.4 is 5.73 Å². The second-order valence-electron chi connectivity index (χ2n) is 5.04. The molecule has 0 bridgehead atoms. The van der Waals surface area contributed by atoms with Crippen molar-refractivity contribution in [3.63, 3.8) is 0 Å². The quantitative estimate of drug-likeness (QED) is 0.694. The molecule has 2 rings (SSSR count). The van der Waals surface area contributed by atoms with Crippen LogP contribution >= 0.6 is 11.8 Å². The maximum absolute atomic E-state index is 11.4. The Hall–Kier alpha value is -1.99. The molecule has 1 atom stereocenters. The fourth-order valence-corrected chi connectivity index (χ4v) is 3.96. The van der Waals surface area contributed by atoms with Crippen molar-refractivity contribution in [2.75, 3.05) is 13.1 Å². The molecule has 0 aromatic heterocycles. The van der Waals surface area contributed by atoms with Crippen LogP contribution in [0.4, 0.5) is 0 Å². The van der Waals surface area contributed by atoms with Crippen LogP contribution in [0.25, 0.3) is 0 Å². The monoisotopic (exact) mass is 289 g/mol. The van der Waals surface area contributed by atoms with Gasteiger partial charge in [0.25, 0.3) is 0 Å². The first kappa shape index (κ1) is 14.4. The van der Waals surface area contributed by atoms with Crippen LogP contribution in [-0.2, 0) is 4.79 Å². The lowest BCUT2D eigenvalue weighted by Gasteiger charge is -2.46. The molecule has 6 nitrogen and oxygen atoms in total. The molecule has 1 amide bonds. The van der Waals surface area contributed by atoms with Gasteiger partial charge in [-0.25, -0.2) is 0 Å². The normalized spacial score (nSPS) is 25.2. The van der Waals surface area contributed by atoms with E-state index in [9.17, 15) is 15.3 Å². The van der Waals surface area contributed by atoms with Gasteiger partial charge in [-0.05, 0) is 12.8 Å². The van der Waals surface area contributed by atoms with Gasteiger partial charge in [-0.1, -0.05) is 11.8 Å². The standard InChI is InChI=1S/C13H15N5OS/c1-8(19)18-4-2-13(3-5-18)9(6-14)11(16)20-12(17)10(13)7-15/h9,16H,2-5,17H2,1H3/t9-/m0/s1. The Bertz CT molecular complexity index is 575. The number of nitriles is 2. The summed E-state index contributed by atoms with van der Waals surface area (Å²) in [4.78, 5) is 13.1. The van der Waals surface area contributed by atoms with Crippen LogP contribution in [0.3, 0.4) is 0 Å². The fourth-order valence-electron chi connectivity index (χ4n) is 2.98. The molecule has 0 aromatic rings. The van der Waals surface area contributed by atoms with E-state index in [0.29, 0.717) is 36.5 Å². The highest BCUT2D eigenvalue weighted by molar-refractivity contribution is 8.17. The third-order valence-electron chi connectivity index (χ3n) is 4.12. The van der Waals surface area contributed by atoms with E-state index in [1.54, 1.807) is 4.90 Å². The average Bonchev–Trinajstić information content (AvgIpc) is 2.39. The van der Waals surface area contributed by atoms with Crippen molar-refractivity contribution in [1.82, 2.24) is 4.90 Å². The third kappa shape index (κ3) is 2.04. The second kappa shape index (κ2) is 5.18. The third-order valence-corrected chi connectivity index (χ3v) is 5.00. The first-order valence-corrected chi connectivity index (χ1v) is 7.09. The predicted octanol–water partition coefficient (Wildman–Crippen LogP) is 1.17. The van der Waals surface area contributed by atoms with Gasteiger partial charge < -0.3 is 10.6 Å². The van der Waals surface area contributed by atoms with Crippen molar-refractivity contribution in [2.24, 2.45) is 17.1 Å². The SMILES string of the molecule is CC(=O)N1CCC2(CC1)C(C#N)=C(N)SC(=N)[C@@H]2C#N. The van der Waals surface area contributed by atoms with Crippen LogP contribution in [0.5, 0.6) is 0 Å². The zero-order valence-electron chi connectivity index (χ0n) is 11.1. The summed E-state index contributed by atoms with van der Waals surface area (Å²) in [7, 11) is 0. The average molecular weight is 289 g/mol. The van der Waals surface area contributed by atoms with Gasteiger partial charge in [-0.15, -0.1) is 0 Å². The Morgan fingerprint density at radius 1 is 1.50 bits per heavy atom. The van der Waals surface area contributed by atoms with Gasteiger partial charge in [0.1, 0.15) is 5.92 Å². The Kier molecular flexibility index (Phi) is 3.74. The molecular weight excluding hydrogens is 274 g/mol. The summed E-state index contributed by atoms with van der Waals surface area (Å²) in [5, 5.41) is 27.3. The van der Waals surface area contributed by atoms with Crippen molar-refractivity contribution in [1.29, 1.82) is 15.9 Å². The molecule has 1 saturated heterocycles. The van der Waals surface area contributed by atoms with Gasteiger partial charge in [0.2, 0.25) is 5.91 Å². The number of likely N-dealkylation sites (tertiary alicyclic amines) is 1. The molecular formula is C13H15N5OS. The molecule has 2 heterocycles. The van der Waals surface area contributed by atoms with E-state index in [2.05, 4.69) is 12.1 Å². The first-order chi connectivity index (χ1) is 9.46. The lowest BCUT2D eigenvalue weighted by molar-refractivity contribution is -0.130. The molecule has 0 aromatic carbocycles. The van der Waals surface area contributed by atoms with Gasteiger partial charge in [-0.2, -0.15) is 10.5 Å². The number of piperidine rings is 1. The zero-order valence-corrected chi connectivity index (χ0v) is 12.0. The van der Waals surface area contributed by atoms with E-state index in [0.717, 1.165) is 11.8 Å². The Morgan fingerprint density at radius 3 is 2.55 bits per heavy atom. The van der Waals surface area contributed by atoms with E-state index < -0.39 is 11.3 Å². The predicted molar refractivity (Wildman–Crippen MR) is 75.2 cm³/mol. The van der Waals surface area contributed by atoms with Gasteiger partial charge in [0.05, 0.1) is 27.8 Å². The van der Waals surface area contributed by atoms with E-state index in [1.165, 1.54) is 6.92 Å². The highest BCUT2D eigenvalue weighted by Gasteiger charge is 2.51. The molecule has 0 radical (unpaired) electrons. The summed E-state index contributed by atoms with van der Waals surface area (Å²) in [5.74, 6) is -0.660. The van der Waals surface area contributed by atoms with Crippen LogP contribution in [-0.4, -0.2) is 28.9 Å². The van der Waals surface area contributed by atoms with Gasteiger partial charge in [-0.3, -0.25) is 10.2 Å². The molecule has 1 spiro atoms. The number of hydrogen-bond donors (Lipinski definition) is 2. The minimum absolute atomic E-state index is 0.0101. The number of thioether (sulfide) groups is 1. The summed E-state index contributed by atoms with van der Waals surface area (Å²) < 4.78 is 0. The summed E-state index contributed by atoms with van der Waals surface area (Å²) in [6, 6.07) is 4.28. The molecule has 7 heteroatoms. The number of hydrogen-bond acceptors (Lipinski definition) is 6. The first-order valence-electron chi connectivity index (χ1n) is 6.28. The number of allylic oxidation sites excluding steroid dienone is 1. The molecule has 2 aliphatic heterocycles. The lowest BCUT2D eigenvalue weighted by Crippen LogP contribution is -2.49. The van der Waals surface area contributed by atoms with E-state index in [1.807, 2.05) is 0 Å². The number of carbonyl (C=O) groups is 1. The van der Waals surface area contributed by atoms with Gasteiger partial charge in [0, 0.05) is 25.4 Å². The smallest absolute Gasteiger partial charge is 0.219 e. The summed E-state index contributed by atoms with van der Waals surface area (Å²) in [6.45, 7) is 2.49. The second-order valence-corrected chi connectivity index (χ2v) is 6.13. The number of nitrogens with zero attached hydrogens (tertiary/aromatic N) is 3. The topological polar surface area (TPSA) is 118 Å². The van der Waals surface area contributed by atoms with Crippen molar-refractivity contribution < 1.29 is 4.79 Å². The van der Waals surface area contributed by atoms with Crippen molar-refractivity contribution in [2.45, 2.75) is 19.8 Å². The summed E-state index contributed by atoms with van der Waals surface area (Å²) in [6.07, 6.45) is 0.995. The Labute approximate surface area is 121 Å². The molecule has 2 aliphatic rings. The van der Waals surface area contributed by atoms with Crippen LogP contribution in [0, 0.1) is 39.4 Å². The Morgan fingerprint density at radius 2 is 2.10 bits per heavy atom. The van der Waals surface area contributed by atoms with E-state index in [-0.39, 0.29) is 11.0 Å². The van der Waals surface area contributed by atoms with Crippen LogP contribution in [0.2, 0.25) is 0 Å². The number of carbonyl (C=O) groups excluding carboxylic acids is 1. The molecule has 3 N–H and O–H groups in total. The van der Waals surface area contributed by atoms with E-state index in [4.69, 9.17) is 11.1 Å². The number of rotatable bonds is 0. The summed E-state index contributed by atoms with van der Waals surface area (Å²) in [5.41, 5.74) is 5.59. The van der Waals surface area contributed by atoms with Gasteiger partial charge >= 0.3 is 0 Å². The van der Waals surface area contributed by atoms with Crippen LogP contribution in [0.15, 0.2) is 10.6 Å². The highest BCUT2D eigenvalue weighted by Crippen LogP contribution is 2.51. The maximum Gasteiger partial charge on any atom is 0.219 e. The minimum Gasteiger partial charge on any atom is -0.392 e. The highest BCUT2D eigenvalue weighted by atomic mass is 32.2. The molecule has 104 valence electrons. The van der Waals surface area contributed by atoms with Crippen molar-refractivity contribution in [3.05, 3.63) is 10.6 Å². The minimum atomic E-state index is -0.706. The number of amides is 1. The summed E-state index contributed by atoms with van der Waals surface area (Å²) >= 11 is 0.996. The van der Waals surface area contributed by atoms with Gasteiger partial charge in [0.15, 0.2) is 0 Å². The molecule has 0 aliphatic carbocycles. The van der Waals surface area contributed by atoms with Crippen molar-refractivity contribution in [3.8, 4) is 12.1 Å². The lowest BCUT2D eigenvalue weighted by atomic mass is 9.64.